The van der Waals surface area contributed by atoms with Crippen LogP contribution in [0.15, 0.2) is 0 Å². The van der Waals surface area contributed by atoms with Crippen LogP contribution in [-0.2, 0) is 11.2 Å². The molecule has 2 N–H and O–H groups in total. The second-order valence-corrected chi connectivity index (χ2v) is 5.70. The van der Waals surface area contributed by atoms with Crippen LogP contribution in [0, 0.1) is 6.92 Å². The largest absolute Gasteiger partial charge is 0.388 e. The molecule has 20 heavy (non-hydrogen) atoms. The first-order valence-electron chi connectivity index (χ1n) is 7.11. The number of aromatic nitrogens is 2. The maximum atomic E-state index is 10.4. The van der Waals surface area contributed by atoms with Gasteiger partial charge >= 0.3 is 0 Å². The van der Waals surface area contributed by atoms with Crippen molar-refractivity contribution in [2.45, 2.75) is 45.1 Å². The number of rotatable bonds is 5. The number of nitrogens with zero attached hydrogens (tertiary/aromatic N) is 2. The Labute approximate surface area is 124 Å². The lowest BCUT2D eigenvalue weighted by molar-refractivity contribution is -0.0543. The monoisotopic (exact) mass is 299 g/mol. The summed E-state index contributed by atoms with van der Waals surface area (Å²) < 4.78 is 5.28. The van der Waals surface area contributed by atoms with E-state index < -0.39 is 5.60 Å². The summed E-state index contributed by atoms with van der Waals surface area (Å²) in [6.07, 6.45) is 3.05. The van der Waals surface area contributed by atoms with E-state index in [9.17, 15) is 5.11 Å². The summed E-state index contributed by atoms with van der Waals surface area (Å²) in [5.74, 6) is 1.46. The maximum absolute atomic E-state index is 10.4. The number of hydrogen-bond acceptors (Lipinski definition) is 5. The second kappa shape index (κ2) is 6.70. The number of hydrogen-bond donors (Lipinski definition) is 2. The van der Waals surface area contributed by atoms with Gasteiger partial charge in [0.1, 0.15) is 16.8 Å². The molecule has 0 bridgehead atoms. The summed E-state index contributed by atoms with van der Waals surface area (Å²) >= 11 is 6.14. The number of aryl methyl sites for hydroxylation is 1. The molecule has 2 heterocycles. The minimum absolute atomic E-state index is 0.454. The smallest absolute Gasteiger partial charge is 0.137 e. The number of halogens is 1. The molecular weight excluding hydrogens is 278 g/mol. The highest BCUT2D eigenvalue weighted by molar-refractivity contribution is 6.30. The fraction of sp³-hybridized carbons (Fsp3) is 0.714. The first-order valence-corrected chi connectivity index (χ1v) is 7.49. The average Bonchev–Trinajstić information content (AvgIpc) is 2.42. The van der Waals surface area contributed by atoms with Crippen LogP contribution >= 0.6 is 11.6 Å². The van der Waals surface area contributed by atoms with Crippen LogP contribution in [0.25, 0.3) is 0 Å². The Kier molecular flexibility index (Phi) is 5.18. The van der Waals surface area contributed by atoms with E-state index in [0.717, 1.165) is 24.2 Å². The van der Waals surface area contributed by atoms with Crippen LogP contribution in [0.5, 0.6) is 0 Å². The molecule has 1 aliphatic heterocycles. The first kappa shape index (κ1) is 15.5. The lowest BCUT2D eigenvalue weighted by atomic mass is 9.94. The standard InChI is InChI=1S/C14H22ClN3O2/c1-3-4-11-17-12(15)10(2)13(18-11)16-9-14(19)5-7-20-8-6-14/h19H,3-9H2,1-2H3,(H,16,17,18). The normalized spacial score (nSPS) is 18.0. The van der Waals surface area contributed by atoms with Crippen molar-refractivity contribution in [3.63, 3.8) is 0 Å². The quantitative estimate of drug-likeness (QED) is 0.817. The van der Waals surface area contributed by atoms with Crippen molar-refractivity contribution in [2.75, 3.05) is 25.1 Å². The zero-order valence-corrected chi connectivity index (χ0v) is 12.8. The minimum Gasteiger partial charge on any atom is -0.388 e. The highest BCUT2D eigenvalue weighted by Gasteiger charge is 2.29. The van der Waals surface area contributed by atoms with E-state index in [0.29, 0.717) is 43.6 Å². The summed E-state index contributed by atoms with van der Waals surface area (Å²) in [7, 11) is 0. The SMILES string of the molecule is CCCc1nc(Cl)c(C)c(NCC2(O)CCOCC2)n1. The molecule has 1 aliphatic rings. The Morgan fingerprint density at radius 1 is 1.35 bits per heavy atom. The summed E-state index contributed by atoms with van der Waals surface area (Å²) in [5, 5.41) is 14.1. The Morgan fingerprint density at radius 2 is 2.05 bits per heavy atom. The topological polar surface area (TPSA) is 67.3 Å². The molecule has 112 valence electrons. The van der Waals surface area contributed by atoms with Crippen molar-refractivity contribution in [1.29, 1.82) is 0 Å². The number of nitrogens with one attached hydrogen (secondary N) is 1. The Balaban J connectivity index is 2.08. The van der Waals surface area contributed by atoms with Crippen molar-refractivity contribution >= 4 is 17.4 Å². The molecule has 0 aliphatic carbocycles. The van der Waals surface area contributed by atoms with E-state index >= 15 is 0 Å². The van der Waals surface area contributed by atoms with E-state index in [4.69, 9.17) is 16.3 Å². The van der Waals surface area contributed by atoms with Gasteiger partial charge in [-0.3, -0.25) is 0 Å². The van der Waals surface area contributed by atoms with Gasteiger partial charge in [0, 0.05) is 44.6 Å². The third kappa shape index (κ3) is 3.81. The van der Waals surface area contributed by atoms with E-state index in [1.165, 1.54) is 0 Å². The van der Waals surface area contributed by atoms with Crippen LogP contribution in [0.3, 0.4) is 0 Å². The van der Waals surface area contributed by atoms with E-state index in [1.807, 2.05) is 6.92 Å². The molecule has 0 aromatic carbocycles. The fourth-order valence-electron chi connectivity index (χ4n) is 2.22. The summed E-state index contributed by atoms with van der Waals surface area (Å²) in [6.45, 7) is 5.62. The number of anilines is 1. The third-order valence-corrected chi connectivity index (χ3v) is 3.98. The van der Waals surface area contributed by atoms with Gasteiger partial charge in [0.2, 0.25) is 0 Å². The van der Waals surface area contributed by atoms with Crippen LogP contribution in [0.1, 0.15) is 37.6 Å². The van der Waals surface area contributed by atoms with E-state index in [2.05, 4.69) is 22.2 Å². The molecule has 1 aromatic heterocycles. The average molecular weight is 300 g/mol. The summed E-state index contributed by atoms with van der Waals surface area (Å²) in [4.78, 5) is 8.76. The van der Waals surface area contributed by atoms with Gasteiger partial charge in [0.15, 0.2) is 0 Å². The van der Waals surface area contributed by atoms with Crippen LogP contribution in [-0.4, -0.2) is 40.4 Å². The maximum Gasteiger partial charge on any atom is 0.137 e. The molecule has 1 saturated heterocycles. The minimum atomic E-state index is -0.729. The van der Waals surface area contributed by atoms with Crippen molar-refractivity contribution in [2.24, 2.45) is 0 Å². The summed E-state index contributed by atoms with van der Waals surface area (Å²) in [6, 6.07) is 0. The van der Waals surface area contributed by atoms with Gasteiger partial charge in [-0.05, 0) is 13.3 Å². The molecule has 1 aromatic rings. The van der Waals surface area contributed by atoms with E-state index in [1.54, 1.807) is 0 Å². The predicted octanol–water partition coefficient (Wildman–Crippen LogP) is 2.34. The van der Waals surface area contributed by atoms with Crippen LogP contribution in [0.2, 0.25) is 5.15 Å². The zero-order chi connectivity index (χ0) is 14.6. The number of aliphatic hydroxyl groups is 1. The molecule has 1 fully saturated rings. The van der Waals surface area contributed by atoms with Crippen LogP contribution in [0.4, 0.5) is 5.82 Å². The number of ether oxygens (including phenoxy) is 1. The fourth-order valence-corrected chi connectivity index (χ4v) is 2.40. The van der Waals surface area contributed by atoms with Crippen molar-refractivity contribution < 1.29 is 9.84 Å². The Bertz CT molecular complexity index is 462. The molecule has 0 spiro atoms. The second-order valence-electron chi connectivity index (χ2n) is 5.34. The lowest BCUT2D eigenvalue weighted by Crippen LogP contribution is -2.42. The molecule has 6 heteroatoms. The van der Waals surface area contributed by atoms with Gasteiger partial charge < -0.3 is 15.2 Å². The Morgan fingerprint density at radius 3 is 2.70 bits per heavy atom. The molecular formula is C14H22ClN3O2. The van der Waals surface area contributed by atoms with Crippen LogP contribution < -0.4 is 5.32 Å². The zero-order valence-electron chi connectivity index (χ0n) is 12.1. The molecule has 0 unspecified atom stereocenters. The molecule has 5 nitrogen and oxygen atoms in total. The van der Waals surface area contributed by atoms with Crippen molar-refractivity contribution in [3.05, 3.63) is 16.5 Å². The molecule has 0 radical (unpaired) electrons. The Hall–Kier alpha value is -0.910. The van der Waals surface area contributed by atoms with Crippen molar-refractivity contribution in [1.82, 2.24) is 9.97 Å². The predicted molar refractivity (Wildman–Crippen MR) is 79.3 cm³/mol. The first-order chi connectivity index (χ1) is 9.54. The van der Waals surface area contributed by atoms with Gasteiger partial charge in [0.25, 0.3) is 0 Å². The highest BCUT2D eigenvalue weighted by Crippen LogP contribution is 2.24. The molecule has 0 atom stereocenters. The molecule has 2 rings (SSSR count). The third-order valence-electron chi connectivity index (χ3n) is 3.61. The van der Waals surface area contributed by atoms with E-state index in [-0.39, 0.29) is 0 Å². The summed E-state index contributed by atoms with van der Waals surface area (Å²) in [5.41, 5.74) is 0.0923. The highest BCUT2D eigenvalue weighted by atomic mass is 35.5. The van der Waals surface area contributed by atoms with Gasteiger partial charge in [0.05, 0.1) is 5.60 Å². The van der Waals surface area contributed by atoms with Gasteiger partial charge in [-0.15, -0.1) is 0 Å². The lowest BCUT2D eigenvalue weighted by Gasteiger charge is -2.32. The van der Waals surface area contributed by atoms with Crippen molar-refractivity contribution in [3.8, 4) is 0 Å². The van der Waals surface area contributed by atoms with Gasteiger partial charge in [-0.1, -0.05) is 18.5 Å². The molecule has 0 amide bonds. The van der Waals surface area contributed by atoms with Gasteiger partial charge in [-0.2, -0.15) is 0 Å². The van der Waals surface area contributed by atoms with Gasteiger partial charge in [-0.25, -0.2) is 9.97 Å². The molecule has 0 saturated carbocycles.